The number of carbonyl (C=O) groups is 1. The van der Waals surface area contributed by atoms with Gasteiger partial charge in [0.15, 0.2) is 0 Å². The van der Waals surface area contributed by atoms with Crippen molar-refractivity contribution in [1.29, 1.82) is 0 Å². The van der Waals surface area contributed by atoms with Gasteiger partial charge in [0.2, 0.25) is 0 Å². The van der Waals surface area contributed by atoms with Gasteiger partial charge in [0, 0.05) is 0 Å². The van der Waals surface area contributed by atoms with Crippen molar-refractivity contribution >= 4 is 43.2 Å². The molecule has 0 fully saturated rings. The molecule has 146 valence electrons. The van der Waals surface area contributed by atoms with Gasteiger partial charge in [0.25, 0.3) is 0 Å². The van der Waals surface area contributed by atoms with E-state index in [1.807, 2.05) is 48.5 Å². The largest absolute Gasteiger partial charge is 0.481 e. The summed E-state index contributed by atoms with van der Waals surface area (Å²) in [5.41, 5.74) is 3.92. The van der Waals surface area contributed by atoms with Crippen molar-refractivity contribution in [2.45, 2.75) is 25.2 Å². The van der Waals surface area contributed by atoms with Crippen molar-refractivity contribution in [2.75, 3.05) is 0 Å². The molecule has 6 nitrogen and oxygen atoms in total. The quantitative estimate of drug-likeness (QED) is 0.351. The fraction of sp³-hybridized carbons (Fsp3) is 0.211. The summed E-state index contributed by atoms with van der Waals surface area (Å²) in [5, 5.41) is 16.3. The van der Waals surface area contributed by atoms with Crippen LogP contribution in [0.1, 0.15) is 41.0 Å². The zero-order valence-corrected chi connectivity index (χ0v) is 16.3. The Labute approximate surface area is 171 Å². The van der Waals surface area contributed by atoms with Crippen molar-refractivity contribution in [1.82, 2.24) is 0 Å². The minimum absolute atomic E-state index is 0. The fourth-order valence-corrected chi connectivity index (χ4v) is 2.77. The van der Waals surface area contributed by atoms with E-state index in [-0.39, 0.29) is 37.2 Å². The van der Waals surface area contributed by atoms with Crippen molar-refractivity contribution < 1.29 is 9.90 Å². The Balaban J connectivity index is 0.00000338. The average Bonchev–Trinajstić information content (AvgIpc) is 2.60. The van der Waals surface area contributed by atoms with E-state index in [0.717, 1.165) is 35.1 Å². The molecule has 1 unspecified atom stereocenters. The number of nitrogens with two attached hydrogens (primary N) is 2. The molecular weight excluding hydrogens is 387 g/mol. The standard InChI is InChI=1S/C19H22N4O2.2ClH/c20-22-12-15-6-4-14(5-7-15)8-9-18(11-19(24)25)17-3-1-2-16(10-17)13-23-21;;/h1-7,10,12-13,18H,8-9,11,20-21H2,(H,24,25);2*1H. The third kappa shape index (κ3) is 8.11. The summed E-state index contributed by atoms with van der Waals surface area (Å²) in [6, 6.07) is 15.6. The molecule has 0 saturated carbocycles. The number of aryl methyl sites for hydroxylation is 1. The minimum Gasteiger partial charge on any atom is -0.481 e. The van der Waals surface area contributed by atoms with Crippen LogP contribution in [-0.4, -0.2) is 23.5 Å². The lowest BCUT2D eigenvalue weighted by molar-refractivity contribution is -0.137. The SMILES string of the molecule is Cl.Cl.NN=Cc1ccc(CCC(CC(=O)O)c2cccc(C=NN)c2)cc1. The van der Waals surface area contributed by atoms with E-state index >= 15 is 0 Å². The highest BCUT2D eigenvalue weighted by Crippen LogP contribution is 2.26. The molecule has 0 aliphatic heterocycles. The van der Waals surface area contributed by atoms with Crippen molar-refractivity contribution in [3.05, 3.63) is 70.8 Å². The van der Waals surface area contributed by atoms with Gasteiger partial charge in [0.1, 0.15) is 0 Å². The molecule has 2 aromatic carbocycles. The molecule has 2 rings (SSSR count). The lowest BCUT2D eigenvalue weighted by atomic mass is 9.89. The number of nitrogens with zero attached hydrogens (tertiary/aromatic N) is 2. The normalized spacial score (nSPS) is 11.7. The highest BCUT2D eigenvalue weighted by Gasteiger charge is 2.16. The number of aliphatic carboxylic acids is 1. The second kappa shape index (κ2) is 12.7. The van der Waals surface area contributed by atoms with Crippen molar-refractivity contribution in [3.63, 3.8) is 0 Å². The number of halogens is 2. The molecule has 0 amide bonds. The van der Waals surface area contributed by atoms with Gasteiger partial charge in [-0.1, -0.05) is 42.5 Å². The topological polar surface area (TPSA) is 114 Å². The Morgan fingerprint density at radius 3 is 2.22 bits per heavy atom. The zero-order valence-electron chi connectivity index (χ0n) is 14.7. The number of hydrogen-bond donors (Lipinski definition) is 3. The number of benzene rings is 2. The van der Waals surface area contributed by atoms with Crippen LogP contribution >= 0.6 is 24.8 Å². The first-order valence-electron chi connectivity index (χ1n) is 7.99. The van der Waals surface area contributed by atoms with Crippen LogP contribution in [0.5, 0.6) is 0 Å². The predicted molar refractivity (Wildman–Crippen MR) is 114 cm³/mol. The molecule has 5 N–H and O–H groups in total. The molecule has 0 aliphatic rings. The van der Waals surface area contributed by atoms with Crippen LogP contribution in [0, 0.1) is 0 Å². The van der Waals surface area contributed by atoms with Crippen LogP contribution in [0.3, 0.4) is 0 Å². The van der Waals surface area contributed by atoms with E-state index in [0.29, 0.717) is 0 Å². The van der Waals surface area contributed by atoms with Gasteiger partial charge < -0.3 is 16.8 Å². The number of carboxylic acids is 1. The Morgan fingerprint density at radius 2 is 1.63 bits per heavy atom. The first kappa shape index (κ1) is 24.4. The van der Waals surface area contributed by atoms with Crippen molar-refractivity contribution in [3.8, 4) is 0 Å². The lowest BCUT2D eigenvalue weighted by Crippen LogP contribution is -2.08. The van der Waals surface area contributed by atoms with Gasteiger partial charge >= 0.3 is 5.97 Å². The molecule has 27 heavy (non-hydrogen) atoms. The zero-order chi connectivity index (χ0) is 18.1. The molecule has 0 aliphatic carbocycles. The molecule has 0 spiro atoms. The van der Waals surface area contributed by atoms with Crippen LogP contribution in [0.4, 0.5) is 0 Å². The van der Waals surface area contributed by atoms with E-state index < -0.39 is 5.97 Å². The van der Waals surface area contributed by atoms with E-state index in [2.05, 4.69) is 10.2 Å². The summed E-state index contributed by atoms with van der Waals surface area (Å²) in [7, 11) is 0. The van der Waals surface area contributed by atoms with E-state index in [9.17, 15) is 9.90 Å². The molecular formula is C19H24Cl2N4O2. The minimum atomic E-state index is -0.808. The van der Waals surface area contributed by atoms with Crippen LogP contribution in [0.2, 0.25) is 0 Å². The summed E-state index contributed by atoms with van der Waals surface area (Å²) in [6.07, 6.45) is 4.74. The lowest BCUT2D eigenvalue weighted by Gasteiger charge is -2.16. The highest BCUT2D eigenvalue weighted by atomic mass is 35.5. The number of rotatable bonds is 8. The third-order valence-electron chi connectivity index (χ3n) is 4.01. The molecule has 8 heteroatoms. The molecule has 0 heterocycles. The van der Waals surface area contributed by atoms with Gasteiger partial charge in [-0.3, -0.25) is 4.79 Å². The van der Waals surface area contributed by atoms with Gasteiger partial charge in [-0.15, -0.1) is 24.8 Å². The number of hydrogen-bond acceptors (Lipinski definition) is 5. The summed E-state index contributed by atoms with van der Waals surface area (Å²) < 4.78 is 0. The van der Waals surface area contributed by atoms with E-state index in [1.54, 1.807) is 12.4 Å². The molecule has 1 atom stereocenters. The Bertz CT molecular complexity index is 765. The average molecular weight is 411 g/mol. The smallest absolute Gasteiger partial charge is 0.303 e. The number of carboxylic acid groups (broad SMARTS) is 1. The van der Waals surface area contributed by atoms with Crippen LogP contribution in [0.25, 0.3) is 0 Å². The maximum Gasteiger partial charge on any atom is 0.303 e. The Kier molecular flexibility index (Phi) is 11.5. The van der Waals surface area contributed by atoms with Crippen molar-refractivity contribution in [2.24, 2.45) is 21.9 Å². The van der Waals surface area contributed by atoms with Gasteiger partial charge in [0.05, 0.1) is 18.9 Å². The fourth-order valence-electron chi connectivity index (χ4n) is 2.77. The maximum absolute atomic E-state index is 11.2. The molecule has 0 saturated heterocycles. The monoisotopic (exact) mass is 410 g/mol. The molecule has 0 bridgehead atoms. The Hall–Kier alpha value is -2.57. The van der Waals surface area contributed by atoms with E-state index in [1.165, 1.54) is 0 Å². The summed E-state index contributed by atoms with van der Waals surface area (Å²) >= 11 is 0. The summed E-state index contributed by atoms with van der Waals surface area (Å²) in [4.78, 5) is 11.2. The van der Waals surface area contributed by atoms with Gasteiger partial charge in [-0.2, -0.15) is 10.2 Å². The second-order valence-corrected chi connectivity index (χ2v) is 5.80. The van der Waals surface area contributed by atoms with Crippen LogP contribution < -0.4 is 11.7 Å². The third-order valence-corrected chi connectivity index (χ3v) is 4.01. The maximum atomic E-state index is 11.2. The molecule has 0 aromatic heterocycles. The first-order valence-corrected chi connectivity index (χ1v) is 7.99. The molecule has 0 radical (unpaired) electrons. The summed E-state index contributed by atoms with van der Waals surface area (Å²) in [5.74, 6) is 9.45. The van der Waals surface area contributed by atoms with Gasteiger partial charge in [-0.05, 0) is 47.1 Å². The van der Waals surface area contributed by atoms with Crippen LogP contribution in [0.15, 0.2) is 58.7 Å². The summed E-state index contributed by atoms with van der Waals surface area (Å²) in [6.45, 7) is 0. The Morgan fingerprint density at radius 1 is 1.00 bits per heavy atom. The van der Waals surface area contributed by atoms with Gasteiger partial charge in [-0.25, -0.2) is 0 Å². The highest BCUT2D eigenvalue weighted by molar-refractivity contribution is 5.85. The van der Waals surface area contributed by atoms with Crippen LogP contribution in [-0.2, 0) is 11.2 Å². The predicted octanol–water partition coefficient (Wildman–Crippen LogP) is 3.31. The second-order valence-electron chi connectivity index (χ2n) is 5.80. The number of hydrazone groups is 2. The first-order chi connectivity index (χ1) is 12.1. The molecule has 2 aromatic rings. The van der Waals surface area contributed by atoms with E-state index in [4.69, 9.17) is 11.7 Å².